The molecule has 0 aliphatic heterocycles. The maximum absolute atomic E-state index is 12.0. The molecule has 1 atom stereocenters. The van der Waals surface area contributed by atoms with E-state index in [1.54, 1.807) is 7.11 Å². The highest BCUT2D eigenvalue weighted by Gasteiger charge is 2.25. The van der Waals surface area contributed by atoms with Crippen molar-refractivity contribution in [2.24, 2.45) is 0 Å². The van der Waals surface area contributed by atoms with Gasteiger partial charge in [0, 0.05) is 0 Å². The number of para-hydroxylation sites is 1. The lowest BCUT2D eigenvalue weighted by atomic mass is 9.88. The minimum atomic E-state index is -0.835. The van der Waals surface area contributed by atoms with Crippen LogP contribution in [0.4, 0.5) is 0 Å². The van der Waals surface area contributed by atoms with Crippen molar-refractivity contribution in [2.75, 3.05) is 13.7 Å². The summed E-state index contributed by atoms with van der Waals surface area (Å²) >= 11 is 0. The quantitative estimate of drug-likeness (QED) is 0.767. The van der Waals surface area contributed by atoms with E-state index in [1.807, 2.05) is 57.2 Å². The first-order valence-electron chi connectivity index (χ1n) is 8.56. The Morgan fingerprint density at radius 1 is 1.20 bits per heavy atom. The normalized spacial score (nSPS) is 11.8. The summed E-state index contributed by atoms with van der Waals surface area (Å²) in [6.45, 7) is 6.52. The van der Waals surface area contributed by atoms with Gasteiger partial charge in [0.1, 0.15) is 0 Å². The lowest BCUT2D eigenvalue weighted by molar-refractivity contribution is -0.138. The van der Waals surface area contributed by atoms with E-state index in [2.05, 4.69) is 0 Å². The van der Waals surface area contributed by atoms with Crippen LogP contribution in [0.3, 0.4) is 0 Å². The highest BCUT2D eigenvalue weighted by molar-refractivity contribution is 5.77. The molecule has 0 spiro atoms. The van der Waals surface area contributed by atoms with Gasteiger partial charge in [-0.3, -0.25) is 4.79 Å². The lowest BCUT2D eigenvalue weighted by Gasteiger charge is -2.19. The molecule has 0 saturated carbocycles. The van der Waals surface area contributed by atoms with E-state index in [1.165, 1.54) is 0 Å². The molecule has 4 heteroatoms. The fourth-order valence-corrected chi connectivity index (χ4v) is 2.94. The molecule has 0 amide bonds. The molecule has 0 aromatic heterocycles. The molecule has 1 unspecified atom stereocenters. The fourth-order valence-electron chi connectivity index (χ4n) is 2.94. The van der Waals surface area contributed by atoms with Crippen LogP contribution in [0.25, 0.3) is 0 Å². The first-order chi connectivity index (χ1) is 12.0. The standard InChI is InChI=1S/C21H26O4/c1-5-11-25-20-16(7-6-8-19(20)24-4)13-18(21(22)23)17-12-14(2)9-10-15(17)3/h6-10,12,18H,5,11,13H2,1-4H3,(H,22,23). The molecule has 25 heavy (non-hydrogen) atoms. The summed E-state index contributed by atoms with van der Waals surface area (Å²) < 4.78 is 11.3. The Labute approximate surface area is 149 Å². The summed E-state index contributed by atoms with van der Waals surface area (Å²) in [7, 11) is 1.59. The fraction of sp³-hybridized carbons (Fsp3) is 0.381. The smallest absolute Gasteiger partial charge is 0.311 e. The minimum Gasteiger partial charge on any atom is -0.493 e. The number of aliphatic carboxylic acids is 1. The Hall–Kier alpha value is -2.49. The van der Waals surface area contributed by atoms with Crippen LogP contribution < -0.4 is 9.47 Å². The van der Waals surface area contributed by atoms with E-state index in [4.69, 9.17) is 9.47 Å². The SMILES string of the molecule is CCCOc1c(CC(C(=O)O)c2cc(C)ccc2C)cccc1OC. The van der Waals surface area contributed by atoms with Crippen molar-refractivity contribution in [2.45, 2.75) is 39.5 Å². The Kier molecular flexibility index (Phi) is 6.45. The number of carbonyl (C=O) groups is 1. The second-order valence-electron chi connectivity index (χ2n) is 6.25. The molecule has 4 nitrogen and oxygen atoms in total. The van der Waals surface area contributed by atoms with Gasteiger partial charge in [-0.2, -0.15) is 0 Å². The van der Waals surface area contributed by atoms with E-state index in [9.17, 15) is 9.90 Å². The Balaban J connectivity index is 2.43. The van der Waals surface area contributed by atoms with Gasteiger partial charge in [0.25, 0.3) is 0 Å². The molecule has 2 rings (SSSR count). The van der Waals surface area contributed by atoms with Gasteiger partial charge in [-0.1, -0.05) is 42.8 Å². The third-order valence-corrected chi connectivity index (χ3v) is 4.26. The van der Waals surface area contributed by atoms with Crippen LogP contribution in [0.15, 0.2) is 36.4 Å². The summed E-state index contributed by atoms with van der Waals surface area (Å²) in [6, 6.07) is 11.5. The van der Waals surface area contributed by atoms with Gasteiger partial charge in [0.05, 0.1) is 19.6 Å². The number of hydrogen-bond donors (Lipinski definition) is 1. The Morgan fingerprint density at radius 3 is 2.60 bits per heavy atom. The molecule has 2 aromatic rings. The molecular weight excluding hydrogens is 316 g/mol. The van der Waals surface area contributed by atoms with Crippen molar-refractivity contribution in [3.63, 3.8) is 0 Å². The molecule has 0 aliphatic carbocycles. The second-order valence-corrected chi connectivity index (χ2v) is 6.25. The molecule has 2 aromatic carbocycles. The van der Waals surface area contributed by atoms with Crippen LogP contribution in [-0.2, 0) is 11.2 Å². The highest BCUT2D eigenvalue weighted by atomic mass is 16.5. The molecular formula is C21H26O4. The number of rotatable bonds is 8. The second kappa shape index (κ2) is 8.56. The third-order valence-electron chi connectivity index (χ3n) is 4.26. The van der Waals surface area contributed by atoms with Crippen molar-refractivity contribution in [3.05, 3.63) is 58.7 Å². The van der Waals surface area contributed by atoms with Gasteiger partial charge >= 0.3 is 5.97 Å². The predicted molar refractivity (Wildman–Crippen MR) is 98.8 cm³/mol. The lowest BCUT2D eigenvalue weighted by Crippen LogP contribution is -2.16. The number of benzene rings is 2. The Bertz CT molecular complexity index is 737. The minimum absolute atomic E-state index is 0.357. The van der Waals surface area contributed by atoms with Crippen LogP contribution in [-0.4, -0.2) is 24.8 Å². The van der Waals surface area contributed by atoms with E-state index in [0.717, 1.165) is 28.7 Å². The topological polar surface area (TPSA) is 55.8 Å². The highest BCUT2D eigenvalue weighted by Crippen LogP contribution is 2.35. The summed E-state index contributed by atoms with van der Waals surface area (Å²) in [5.74, 6) is -0.187. The summed E-state index contributed by atoms with van der Waals surface area (Å²) in [5, 5.41) is 9.82. The van der Waals surface area contributed by atoms with Gasteiger partial charge in [0.2, 0.25) is 0 Å². The zero-order valence-corrected chi connectivity index (χ0v) is 15.3. The van der Waals surface area contributed by atoms with Crippen LogP contribution in [0.1, 0.15) is 41.5 Å². The zero-order valence-electron chi connectivity index (χ0n) is 15.3. The number of aryl methyl sites for hydroxylation is 2. The molecule has 0 heterocycles. The number of carboxylic acid groups (broad SMARTS) is 1. The van der Waals surface area contributed by atoms with E-state index in [-0.39, 0.29) is 0 Å². The van der Waals surface area contributed by atoms with Crippen molar-refractivity contribution >= 4 is 5.97 Å². The van der Waals surface area contributed by atoms with E-state index < -0.39 is 11.9 Å². The van der Waals surface area contributed by atoms with Crippen LogP contribution in [0.5, 0.6) is 11.5 Å². The average molecular weight is 342 g/mol. The van der Waals surface area contributed by atoms with E-state index >= 15 is 0 Å². The van der Waals surface area contributed by atoms with Crippen LogP contribution in [0.2, 0.25) is 0 Å². The first kappa shape index (κ1) is 18.8. The number of carboxylic acids is 1. The van der Waals surface area contributed by atoms with Crippen LogP contribution in [0, 0.1) is 13.8 Å². The molecule has 0 bridgehead atoms. The summed E-state index contributed by atoms with van der Waals surface area (Å²) in [5.41, 5.74) is 3.73. The average Bonchev–Trinajstić information content (AvgIpc) is 2.60. The number of methoxy groups -OCH3 is 1. The third kappa shape index (κ3) is 4.53. The number of ether oxygens (including phenoxy) is 2. The van der Waals surface area contributed by atoms with Gasteiger partial charge in [-0.25, -0.2) is 0 Å². The van der Waals surface area contributed by atoms with Crippen LogP contribution >= 0.6 is 0 Å². The maximum Gasteiger partial charge on any atom is 0.311 e. The zero-order chi connectivity index (χ0) is 18.4. The van der Waals surface area contributed by atoms with Gasteiger partial charge in [-0.05, 0) is 49.4 Å². The van der Waals surface area contributed by atoms with Gasteiger partial charge in [-0.15, -0.1) is 0 Å². The van der Waals surface area contributed by atoms with Crippen molar-refractivity contribution in [1.29, 1.82) is 0 Å². The van der Waals surface area contributed by atoms with E-state index in [0.29, 0.717) is 24.5 Å². The van der Waals surface area contributed by atoms with Crippen molar-refractivity contribution in [3.8, 4) is 11.5 Å². The molecule has 134 valence electrons. The number of hydrogen-bond acceptors (Lipinski definition) is 3. The molecule has 0 saturated heterocycles. The molecule has 0 radical (unpaired) electrons. The van der Waals surface area contributed by atoms with Gasteiger partial charge in [0.15, 0.2) is 11.5 Å². The molecule has 1 N–H and O–H groups in total. The molecule has 0 fully saturated rings. The van der Waals surface area contributed by atoms with Gasteiger partial charge < -0.3 is 14.6 Å². The maximum atomic E-state index is 12.0. The monoisotopic (exact) mass is 342 g/mol. The molecule has 0 aliphatic rings. The summed E-state index contributed by atoms with van der Waals surface area (Å²) in [4.78, 5) is 12.0. The largest absolute Gasteiger partial charge is 0.493 e. The Morgan fingerprint density at radius 2 is 1.96 bits per heavy atom. The first-order valence-corrected chi connectivity index (χ1v) is 8.56. The summed E-state index contributed by atoms with van der Waals surface area (Å²) in [6.07, 6.45) is 1.23. The predicted octanol–water partition coefficient (Wildman–Crippen LogP) is 4.51. The van der Waals surface area contributed by atoms with Crippen molar-refractivity contribution in [1.82, 2.24) is 0 Å². The van der Waals surface area contributed by atoms with Crippen molar-refractivity contribution < 1.29 is 19.4 Å².